The first-order valence-corrected chi connectivity index (χ1v) is 7.33. The Morgan fingerprint density at radius 3 is 1.75 bits per heavy atom. The van der Waals surface area contributed by atoms with Crippen molar-refractivity contribution in [3.8, 4) is 0 Å². The van der Waals surface area contributed by atoms with Gasteiger partial charge in [-0.25, -0.2) is 0 Å². The zero-order chi connectivity index (χ0) is 18.1. The van der Waals surface area contributed by atoms with Gasteiger partial charge in [0, 0.05) is 31.7 Å². The molecule has 1 aromatic carbocycles. The van der Waals surface area contributed by atoms with Gasteiger partial charge in [-0.1, -0.05) is 6.92 Å². The summed E-state index contributed by atoms with van der Waals surface area (Å²) >= 11 is 0. The van der Waals surface area contributed by atoms with Crippen LogP contribution >= 0.6 is 0 Å². The van der Waals surface area contributed by atoms with E-state index in [0.717, 1.165) is 6.54 Å². The Labute approximate surface area is 134 Å². The molecule has 0 atom stereocenters. The minimum absolute atomic E-state index is 0.0196. The molecular formula is C15H16F6N2O. The molecule has 0 bridgehead atoms. The van der Waals surface area contributed by atoms with Gasteiger partial charge in [0.05, 0.1) is 11.1 Å². The molecule has 2 rings (SSSR count). The van der Waals surface area contributed by atoms with Crippen molar-refractivity contribution in [2.75, 3.05) is 32.7 Å². The molecule has 0 unspecified atom stereocenters. The first-order chi connectivity index (χ1) is 11.0. The largest absolute Gasteiger partial charge is 0.416 e. The summed E-state index contributed by atoms with van der Waals surface area (Å²) in [6.07, 6.45) is -9.92. The lowest BCUT2D eigenvalue weighted by Gasteiger charge is -2.34. The third-order valence-corrected chi connectivity index (χ3v) is 3.94. The van der Waals surface area contributed by atoms with E-state index in [1.54, 1.807) is 0 Å². The highest BCUT2D eigenvalue weighted by atomic mass is 19.4. The number of halogens is 6. The molecule has 0 N–H and O–H groups in total. The Morgan fingerprint density at radius 2 is 1.38 bits per heavy atom. The van der Waals surface area contributed by atoms with E-state index in [4.69, 9.17) is 0 Å². The highest BCUT2D eigenvalue weighted by molar-refractivity contribution is 5.94. The molecule has 1 saturated heterocycles. The Hall–Kier alpha value is -1.77. The molecule has 24 heavy (non-hydrogen) atoms. The third kappa shape index (κ3) is 4.19. The molecule has 0 radical (unpaired) electrons. The summed E-state index contributed by atoms with van der Waals surface area (Å²) in [7, 11) is 0. The van der Waals surface area contributed by atoms with Crippen molar-refractivity contribution in [3.05, 3.63) is 34.9 Å². The minimum atomic E-state index is -4.96. The fourth-order valence-corrected chi connectivity index (χ4v) is 2.53. The number of hydrogen-bond acceptors (Lipinski definition) is 2. The van der Waals surface area contributed by atoms with E-state index in [1.807, 2.05) is 11.8 Å². The third-order valence-electron chi connectivity index (χ3n) is 3.94. The normalized spacial score (nSPS) is 17.2. The quantitative estimate of drug-likeness (QED) is 0.759. The van der Waals surface area contributed by atoms with Crippen molar-refractivity contribution < 1.29 is 31.1 Å². The fourth-order valence-electron chi connectivity index (χ4n) is 2.53. The van der Waals surface area contributed by atoms with Crippen LogP contribution in [0.2, 0.25) is 0 Å². The Morgan fingerprint density at radius 1 is 0.917 bits per heavy atom. The molecule has 0 aliphatic carbocycles. The van der Waals surface area contributed by atoms with Crippen LogP contribution in [0.5, 0.6) is 0 Å². The van der Waals surface area contributed by atoms with Gasteiger partial charge in [0.2, 0.25) is 0 Å². The number of carbonyl (C=O) groups excluding carboxylic acids is 1. The maximum atomic E-state index is 12.8. The number of benzene rings is 1. The van der Waals surface area contributed by atoms with E-state index in [0.29, 0.717) is 25.2 Å². The van der Waals surface area contributed by atoms with Crippen LogP contribution in [0, 0.1) is 0 Å². The average Bonchev–Trinajstić information content (AvgIpc) is 2.52. The first-order valence-electron chi connectivity index (χ1n) is 7.33. The number of carbonyl (C=O) groups is 1. The molecule has 0 spiro atoms. The number of amides is 1. The molecule has 0 aromatic heterocycles. The predicted molar refractivity (Wildman–Crippen MR) is 74.5 cm³/mol. The van der Waals surface area contributed by atoms with E-state index in [2.05, 4.69) is 0 Å². The Bertz CT molecular complexity index is 571. The summed E-state index contributed by atoms with van der Waals surface area (Å²) in [6, 6.07) is 0.972. The van der Waals surface area contributed by atoms with Crippen LogP contribution in [-0.4, -0.2) is 48.4 Å². The second-order valence-corrected chi connectivity index (χ2v) is 5.52. The van der Waals surface area contributed by atoms with Crippen LogP contribution in [0.1, 0.15) is 28.4 Å². The van der Waals surface area contributed by atoms with Crippen LogP contribution in [-0.2, 0) is 12.4 Å². The van der Waals surface area contributed by atoms with Gasteiger partial charge in [-0.15, -0.1) is 0 Å². The Balaban J connectivity index is 2.33. The Kier molecular flexibility index (Phi) is 5.12. The maximum Gasteiger partial charge on any atom is 0.416 e. The highest BCUT2D eigenvalue weighted by Gasteiger charge is 2.38. The zero-order valence-corrected chi connectivity index (χ0v) is 12.8. The van der Waals surface area contributed by atoms with Crippen LogP contribution < -0.4 is 0 Å². The van der Waals surface area contributed by atoms with Crippen LogP contribution in [0.4, 0.5) is 26.3 Å². The van der Waals surface area contributed by atoms with Gasteiger partial charge in [-0.2, -0.15) is 26.3 Å². The molecule has 9 heteroatoms. The van der Waals surface area contributed by atoms with Crippen molar-refractivity contribution in [1.29, 1.82) is 0 Å². The molecular weight excluding hydrogens is 338 g/mol. The summed E-state index contributed by atoms with van der Waals surface area (Å²) in [5, 5.41) is 0. The second-order valence-electron chi connectivity index (χ2n) is 5.52. The van der Waals surface area contributed by atoms with Crippen molar-refractivity contribution >= 4 is 5.91 Å². The standard InChI is InChI=1S/C15H16F6N2O/c1-2-22-3-5-23(6-4-22)13(24)10-7-11(14(16,17)18)9-12(8-10)15(19,20)21/h7-9H,2-6H2,1H3. The first kappa shape index (κ1) is 18.6. The summed E-state index contributed by atoms with van der Waals surface area (Å²) in [5.41, 5.74) is -3.55. The van der Waals surface area contributed by atoms with Crippen molar-refractivity contribution in [2.24, 2.45) is 0 Å². The van der Waals surface area contributed by atoms with E-state index in [1.165, 1.54) is 4.90 Å². The number of alkyl halides is 6. The molecule has 1 aromatic rings. The van der Waals surface area contributed by atoms with Gasteiger partial charge in [-0.3, -0.25) is 4.79 Å². The summed E-state index contributed by atoms with van der Waals surface area (Å²) in [4.78, 5) is 15.6. The molecule has 1 aliphatic heterocycles. The van der Waals surface area contributed by atoms with Gasteiger partial charge in [-0.05, 0) is 24.7 Å². The van der Waals surface area contributed by atoms with E-state index >= 15 is 0 Å². The smallest absolute Gasteiger partial charge is 0.336 e. The molecule has 0 saturated carbocycles. The summed E-state index contributed by atoms with van der Waals surface area (Å²) in [6.45, 7) is 4.30. The van der Waals surface area contributed by atoms with Gasteiger partial charge in [0.1, 0.15) is 0 Å². The second kappa shape index (κ2) is 6.62. The van der Waals surface area contributed by atoms with Crippen molar-refractivity contribution in [3.63, 3.8) is 0 Å². The van der Waals surface area contributed by atoms with Crippen LogP contribution in [0.25, 0.3) is 0 Å². The van der Waals surface area contributed by atoms with Crippen molar-refractivity contribution in [1.82, 2.24) is 9.80 Å². The molecule has 1 amide bonds. The predicted octanol–water partition coefficient (Wildman–Crippen LogP) is 3.50. The summed E-state index contributed by atoms with van der Waals surface area (Å²) in [5.74, 6) is -0.817. The van der Waals surface area contributed by atoms with Crippen LogP contribution in [0.15, 0.2) is 18.2 Å². The number of hydrogen-bond donors (Lipinski definition) is 0. The van der Waals surface area contributed by atoms with Crippen LogP contribution in [0.3, 0.4) is 0 Å². The van der Waals surface area contributed by atoms with E-state index < -0.39 is 35.0 Å². The SMILES string of the molecule is CCN1CCN(C(=O)c2cc(C(F)(F)F)cc(C(F)(F)F)c2)CC1. The van der Waals surface area contributed by atoms with E-state index in [-0.39, 0.29) is 19.2 Å². The van der Waals surface area contributed by atoms with Gasteiger partial charge in [0.15, 0.2) is 0 Å². The molecule has 1 fully saturated rings. The molecule has 1 aliphatic rings. The summed E-state index contributed by atoms with van der Waals surface area (Å²) < 4.78 is 77.0. The van der Waals surface area contributed by atoms with Gasteiger partial charge >= 0.3 is 12.4 Å². The van der Waals surface area contributed by atoms with E-state index in [9.17, 15) is 31.1 Å². The van der Waals surface area contributed by atoms with Gasteiger partial charge in [0.25, 0.3) is 5.91 Å². The number of likely N-dealkylation sites (N-methyl/N-ethyl adjacent to an activating group) is 1. The minimum Gasteiger partial charge on any atom is -0.336 e. The topological polar surface area (TPSA) is 23.6 Å². The molecule has 3 nitrogen and oxygen atoms in total. The lowest BCUT2D eigenvalue weighted by Crippen LogP contribution is -2.48. The van der Waals surface area contributed by atoms with Gasteiger partial charge < -0.3 is 9.80 Å². The lowest BCUT2D eigenvalue weighted by molar-refractivity contribution is -0.143. The zero-order valence-electron chi connectivity index (χ0n) is 12.8. The number of piperazine rings is 1. The molecule has 134 valence electrons. The molecule has 1 heterocycles. The number of rotatable bonds is 2. The highest BCUT2D eigenvalue weighted by Crippen LogP contribution is 2.36. The fraction of sp³-hybridized carbons (Fsp3) is 0.533. The van der Waals surface area contributed by atoms with Crippen molar-refractivity contribution in [2.45, 2.75) is 19.3 Å². The lowest BCUT2D eigenvalue weighted by atomic mass is 10.0. The monoisotopic (exact) mass is 354 g/mol. The number of nitrogens with zero attached hydrogens (tertiary/aromatic N) is 2. The average molecular weight is 354 g/mol. The maximum absolute atomic E-state index is 12.8.